The fraction of sp³-hybridized carbons (Fsp3) is 0.476. The fourth-order valence-corrected chi connectivity index (χ4v) is 5.19. The minimum Gasteiger partial charge on any atom is -0.339 e. The van der Waals surface area contributed by atoms with E-state index in [1.54, 1.807) is 4.88 Å². The molecule has 1 saturated heterocycles. The summed E-state index contributed by atoms with van der Waals surface area (Å²) < 4.78 is 0. The molecule has 132 valence electrons. The number of nitrogens with zero attached hydrogens (tertiary/aromatic N) is 2. The Morgan fingerprint density at radius 1 is 1.08 bits per heavy atom. The Morgan fingerprint density at radius 3 is 2.52 bits per heavy atom. The number of rotatable bonds is 2. The summed E-state index contributed by atoms with van der Waals surface area (Å²) in [6.45, 7) is 8.14. The Bertz CT molecular complexity index is 754. The Balaban J connectivity index is 1.37. The summed E-state index contributed by atoms with van der Waals surface area (Å²) in [5.74, 6) is 0.198. The number of thiophene rings is 1. The van der Waals surface area contributed by atoms with Gasteiger partial charge in [0, 0.05) is 42.7 Å². The highest BCUT2D eigenvalue weighted by Gasteiger charge is 2.29. The molecule has 0 spiro atoms. The number of benzene rings is 1. The molecule has 1 aromatic carbocycles. The lowest BCUT2D eigenvalue weighted by molar-refractivity contribution is 0.0600. The molecular formula is C21H26N2OS. The maximum Gasteiger partial charge on any atom is 0.253 e. The van der Waals surface area contributed by atoms with Crippen LogP contribution in [0.4, 0.5) is 0 Å². The molecule has 4 heteroatoms. The molecule has 2 aromatic rings. The van der Waals surface area contributed by atoms with Crippen LogP contribution in [0.25, 0.3) is 0 Å². The van der Waals surface area contributed by atoms with Crippen molar-refractivity contribution >= 4 is 17.2 Å². The van der Waals surface area contributed by atoms with Crippen LogP contribution in [0.1, 0.15) is 44.8 Å². The number of carbonyl (C=O) groups excluding carboxylic acids is 1. The van der Waals surface area contributed by atoms with Crippen molar-refractivity contribution in [2.75, 3.05) is 19.6 Å². The van der Waals surface area contributed by atoms with Gasteiger partial charge in [-0.15, -0.1) is 11.3 Å². The Labute approximate surface area is 154 Å². The molecule has 0 atom stereocenters. The van der Waals surface area contributed by atoms with Gasteiger partial charge in [0.25, 0.3) is 5.91 Å². The van der Waals surface area contributed by atoms with Crippen LogP contribution < -0.4 is 0 Å². The van der Waals surface area contributed by atoms with Crippen LogP contribution in [0.3, 0.4) is 0 Å². The van der Waals surface area contributed by atoms with E-state index in [9.17, 15) is 4.79 Å². The van der Waals surface area contributed by atoms with E-state index in [0.29, 0.717) is 6.04 Å². The van der Waals surface area contributed by atoms with Gasteiger partial charge in [0.1, 0.15) is 0 Å². The lowest BCUT2D eigenvalue weighted by Crippen LogP contribution is -2.47. The third kappa shape index (κ3) is 3.51. The molecule has 2 aliphatic heterocycles. The smallest absolute Gasteiger partial charge is 0.253 e. The van der Waals surface area contributed by atoms with Gasteiger partial charge in [0.05, 0.1) is 0 Å². The van der Waals surface area contributed by atoms with E-state index in [4.69, 9.17) is 0 Å². The highest BCUT2D eigenvalue weighted by atomic mass is 32.1. The Morgan fingerprint density at radius 2 is 1.80 bits per heavy atom. The number of hydrogen-bond acceptors (Lipinski definition) is 3. The third-order valence-electron chi connectivity index (χ3n) is 5.57. The number of fused-ring (bicyclic) bond motifs is 1. The second-order valence-electron chi connectivity index (χ2n) is 7.49. The molecule has 2 aliphatic rings. The summed E-state index contributed by atoms with van der Waals surface area (Å²) in [4.78, 5) is 19.1. The zero-order valence-corrected chi connectivity index (χ0v) is 15.9. The second kappa shape index (κ2) is 6.93. The van der Waals surface area contributed by atoms with Gasteiger partial charge in [-0.25, -0.2) is 0 Å². The highest BCUT2D eigenvalue weighted by Crippen LogP contribution is 2.28. The highest BCUT2D eigenvalue weighted by molar-refractivity contribution is 7.10. The number of aryl methyl sites for hydroxylation is 2. The predicted octanol–water partition coefficient (Wildman–Crippen LogP) is 4.03. The van der Waals surface area contributed by atoms with Crippen LogP contribution in [-0.4, -0.2) is 41.4 Å². The molecule has 0 radical (unpaired) electrons. The summed E-state index contributed by atoms with van der Waals surface area (Å²) in [6.07, 6.45) is 3.38. The van der Waals surface area contributed by atoms with Crippen molar-refractivity contribution in [3.8, 4) is 0 Å². The molecule has 1 aromatic heterocycles. The van der Waals surface area contributed by atoms with Gasteiger partial charge in [-0.2, -0.15) is 0 Å². The van der Waals surface area contributed by atoms with Crippen LogP contribution in [0, 0.1) is 13.8 Å². The van der Waals surface area contributed by atoms with Crippen LogP contribution in [0.5, 0.6) is 0 Å². The standard InChI is InChI=1S/C21H26N2OS/c1-15-11-16(2)13-18(12-15)21(24)22-7-3-19(4-8-22)23-9-5-20-17(14-23)6-10-25-20/h6,10-13,19H,3-5,7-9,14H2,1-2H3. The largest absolute Gasteiger partial charge is 0.339 e. The van der Waals surface area contributed by atoms with Crippen molar-refractivity contribution in [2.24, 2.45) is 0 Å². The minimum atomic E-state index is 0.198. The molecule has 0 unspecified atom stereocenters. The number of piperidine rings is 1. The van der Waals surface area contributed by atoms with Gasteiger partial charge in [-0.1, -0.05) is 17.2 Å². The van der Waals surface area contributed by atoms with Crippen LogP contribution in [-0.2, 0) is 13.0 Å². The van der Waals surface area contributed by atoms with Gasteiger partial charge < -0.3 is 4.90 Å². The molecule has 3 nitrogen and oxygen atoms in total. The zero-order valence-electron chi connectivity index (χ0n) is 15.1. The summed E-state index contributed by atoms with van der Waals surface area (Å²) in [5.41, 5.74) is 4.69. The Kier molecular flexibility index (Phi) is 4.65. The van der Waals surface area contributed by atoms with Gasteiger partial charge in [0.2, 0.25) is 0 Å². The van der Waals surface area contributed by atoms with E-state index in [1.165, 1.54) is 18.5 Å². The zero-order chi connectivity index (χ0) is 17.4. The topological polar surface area (TPSA) is 23.6 Å². The van der Waals surface area contributed by atoms with E-state index in [-0.39, 0.29) is 5.91 Å². The molecule has 0 bridgehead atoms. The van der Waals surface area contributed by atoms with Crippen LogP contribution >= 0.6 is 11.3 Å². The number of likely N-dealkylation sites (tertiary alicyclic amines) is 1. The summed E-state index contributed by atoms with van der Waals surface area (Å²) in [7, 11) is 0. The van der Waals surface area contributed by atoms with Crippen molar-refractivity contribution in [1.29, 1.82) is 0 Å². The molecule has 0 saturated carbocycles. The normalized spacial score (nSPS) is 19.0. The van der Waals surface area contributed by atoms with E-state index < -0.39 is 0 Å². The average Bonchev–Trinajstić information content (AvgIpc) is 3.08. The number of amides is 1. The summed E-state index contributed by atoms with van der Waals surface area (Å²) in [6, 6.07) is 9.06. The lowest BCUT2D eigenvalue weighted by atomic mass is 9.98. The molecule has 0 aliphatic carbocycles. The molecular weight excluding hydrogens is 328 g/mol. The van der Waals surface area contributed by atoms with Gasteiger partial charge in [-0.05, 0) is 62.3 Å². The number of carbonyl (C=O) groups is 1. The average molecular weight is 355 g/mol. The van der Waals surface area contributed by atoms with Crippen molar-refractivity contribution in [2.45, 2.75) is 45.7 Å². The molecule has 25 heavy (non-hydrogen) atoms. The fourth-order valence-electron chi connectivity index (χ4n) is 4.30. The number of hydrogen-bond donors (Lipinski definition) is 0. The molecule has 1 amide bonds. The summed E-state index contributed by atoms with van der Waals surface area (Å²) >= 11 is 1.90. The maximum absolute atomic E-state index is 12.8. The van der Waals surface area contributed by atoms with Gasteiger partial charge in [0.15, 0.2) is 0 Å². The molecule has 4 rings (SSSR count). The van der Waals surface area contributed by atoms with Gasteiger partial charge >= 0.3 is 0 Å². The van der Waals surface area contributed by atoms with E-state index in [0.717, 1.165) is 49.2 Å². The van der Waals surface area contributed by atoms with Gasteiger partial charge in [-0.3, -0.25) is 9.69 Å². The SMILES string of the molecule is Cc1cc(C)cc(C(=O)N2CCC(N3CCc4sccc4C3)CC2)c1. The predicted molar refractivity (Wildman–Crippen MR) is 103 cm³/mol. The first-order chi connectivity index (χ1) is 12.1. The van der Waals surface area contributed by atoms with Crippen molar-refractivity contribution in [3.63, 3.8) is 0 Å². The van der Waals surface area contributed by atoms with E-state index in [1.807, 2.05) is 28.4 Å². The summed E-state index contributed by atoms with van der Waals surface area (Å²) in [5, 5.41) is 2.22. The van der Waals surface area contributed by atoms with Crippen molar-refractivity contribution in [1.82, 2.24) is 9.80 Å². The quantitative estimate of drug-likeness (QED) is 0.813. The van der Waals surface area contributed by atoms with Crippen LogP contribution in [0.2, 0.25) is 0 Å². The first-order valence-electron chi connectivity index (χ1n) is 9.27. The first-order valence-corrected chi connectivity index (χ1v) is 10.1. The van der Waals surface area contributed by atoms with E-state index >= 15 is 0 Å². The third-order valence-corrected chi connectivity index (χ3v) is 6.60. The van der Waals surface area contributed by atoms with Crippen molar-refractivity contribution < 1.29 is 4.79 Å². The molecule has 1 fully saturated rings. The monoisotopic (exact) mass is 354 g/mol. The van der Waals surface area contributed by atoms with Crippen LogP contribution in [0.15, 0.2) is 29.6 Å². The minimum absolute atomic E-state index is 0.198. The van der Waals surface area contributed by atoms with Crippen molar-refractivity contribution in [3.05, 3.63) is 56.8 Å². The second-order valence-corrected chi connectivity index (χ2v) is 8.49. The maximum atomic E-state index is 12.8. The lowest BCUT2D eigenvalue weighted by Gasteiger charge is -2.40. The van der Waals surface area contributed by atoms with E-state index in [2.05, 4.69) is 36.3 Å². The molecule has 0 N–H and O–H groups in total. The molecule has 3 heterocycles. The first kappa shape index (κ1) is 16.8. The Hall–Kier alpha value is -1.65.